The standard InChI is InChI=1S/C11H10INO/c12-8-6-11(14)13-9-7-10-4-2-1-3-5-10/h1-5H,7,9H2,(H,13,14). The van der Waals surface area contributed by atoms with Crippen LogP contribution in [0.2, 0.25) is 0 Å². The fourth-order valence-electron chi connectivity index (χ4n) is 1.05. The summed E-state index contributed by atoms with van der Waals surface area (Å²) in [6, 6.07) is 10.0. The second-order valence-electron chi connectivity index (χ2n) is 2.71. The highest BCUT2D eigenvalue weighted by Gasteiger charge is 1.94. The molecule has 72 valence electrons. The van der Waals surface area contributed by atoms with E-state index in [9.17, 15) is 4.79 Å². The molecule has 14 heavy (non-hydrogen) atoms. The van der Waals surface area contributed by atoms with Gasteiger partial charge < -0.3 is 5.32 Å². The van der Waals surface area contributed by atoms with E-state index in [4.69, 9.17) is 0 Å². The van der Waals surface area contributed by atoms with Crippen molar-refractivity contribution in [3.63, 3.8) is 0 Å². The van der Waals surface area contributed by atoms with Crippen molar-refractivity contribution >= 4 is 28.5 Å². The van der Waals surface area contributed by atoms with Crippen molar-refractivity contribution in [3.8, 4) is 9.85 Å². The van der Waals surface area contributed by atoms with Gasteiger partial charge in [0, 0.05) is 35.1 Å². The lowest BCUT2D eigenvalue weighted by Crippen LogP contribution is -2.23. The smallest absolute Gasteiger partial charge is 0.296 e. The third-order valence-electron chi connectivity index (χ3n) is 1.70. The van der Waals surface area contributed by atoms with E-state index in [1.807, 2.05) is 52.9 Å². The molecule has 0 aliphatic rings. The highest BCUT2D eigenvalue weighted by atomic mass is 127. The third kappa shape index (κ3) is 4.28. The molecule has 0 heterocycles. The number of rotatable bonds is 3. The largest absolute Gasteiger partial charge is 0.345 e. The fourth-order valence-corrected chi connectivity index (χ4v) is 1.30. The minimum atomic E-state index is -0.213. The monoisotopic (exact) mass is 299 g/mol. The number of benzene rings is 1. The first kappa shape index (κ1) is 11.1. The van der Waals surface area contributed by atoms with Gasteiger partial charge in [0.1, 0.15) is 0 Å². The van der Waals surface area contributed by atoms with Gasteiger partial charge in [0.05, 0.1) is 0 Å². The number of nitrogens with one attached hydrogen (secondary N) is 1. The summed E-state index contributed by atoms with van der Waals surface area (Å²) < 4.78 is 2.52. The predicted octanol–water partition coefficient (Wildman–Crippen LogP) is 1.74. The molecule has 3 heteroatoms. The van der Waals surface area contributed by atoms with Gasteiger partial charge in [0.2, 0.25) is 0 Å². The second-order valence-corrected chi connectivity index (χ2v) is 3.25. The van der Waals surface area contributed by atoms with Gasteiger partial charge in [-0.05, 0) is 15.9 Å². The Morgan fingerprint density at radius 3 is 2.71 bits per heavy atom. The van der Waals surface area contributed by atoms with Crippen molar-refractivity contribution in [2.75, 3.05) is 6.54 Å². The summed E-state index contributed by atoms with van der Waals surface area (Å²) in [5.74, 6) is 2.21. The number of amides is 1. The van der Waals surface area contributed by atoms with Crippen molar-refractivity contribution < 1.29 is 4.79 Å². The Hall–Kier alpha value is -1.02. The maximum absolute atomic E-state index is 10.9. The van der Waals surface area contributed by atoms with Crippen LogP contribution >= 0.6 is 22.6 Å². The Kier molecular flexibility index (Phi) is 5.08. The quantitative estimate of drug-likeness (QED) is 0.668. The van der Waals surface area contributed by atoms with Crippen LogP contribution in [0.15, 0.2) is 30.3 Å². The number of carbonyl (C=O) groups excluding carboxylic acids is 1. The molecular weight excluding hydrogens is 289 g/mol. The molecule has 0 radical (unpaired) electrons. The molecule has 0 fully saturated rings. The number of hydrogen-bond acceptors (Lipinski definition) is 1. The molecule has 0 atom stereocenters. The third-order valence-corrected chi connectivity index (χ3v) is 1.97. The van der Waals surface area contributed by atoms with Gasteiger partial charge in [-0.2, -0.15) is 0 Å². The highest BCUT2D eigenvalue weighted by molar-refractivity contribution is 14.1. The fraction of sp³-hybridized carbons (Fsp3) is 0.182. The molecular formula is C11H10INO. The summed E-state index contributed by atoms with van der Waals surface area (Å²) in [7, 11) is 0. The molecule has 0 bridgehead atoms. The van der Waals surface area contributed by atoms with Gasteiger partial charge in [0.25, 0.3) is 5.91 Å². The first-order chi connectivity index (χ1) is 6.83. The Balaban J connectivity index is 2.28. The molecule has 0 spiro atoms. The van der Waals surface area contributed by atoms with Crippen molar-refractivity contribution in [2.45, 2.75) is 6.42 Å². The van der Waals surface area contributed by atoms with E-state index in [0.29, 0.717) is 6.54 Å². The minimum Gasteiger partial charge on any atom is -0.345 e. The molecule has 2 nitrogen and oxygen atoms in total. The number of carbonyl (C=O) groups is 1. The van der Waals surface area contributed by atoms with E-state index in [1.165, 1.54) is 5.56 Å². The predicted molar refractivity (Wildman–Crippen MR) is 65.0 cm³/mol. The first-order valence-corrected chi connectivity index (χ1v) is 5.34. The van der Waals surface area contributed by atoms with Crippen LogP contribution in [0.25, 0.3) is 0 Å². The van der Waals surface area contributed by atoms with Gasteiger partial charge in [-0.25, -0.2) is 0 Å². The van der Waals surface area contributed by atoms with Crippen LogP contribution in [0.4, 0.5) is 0 Å². The summed E-state index contributed by atoms with van der Waals surface area (Å²) in [4.78, 5) is 10.9. The Bertz CT molecular complexity index is 351. The zero-order valence-electron chi connectivity index (χ0n) is 7.59. The molecule has 1 amide bonds. The Labute approximate surface area is 97.2 Å². The van der Waals surface area contributed by atoms with Crippen molar-refractivity contribution in [3.05, 3.63) is 35.9 Å². The molecule has 1 rings (SSSR count). The van der Waals surface area contributed by atoms with Crippen LogP contribution in [0.1, 0.15) is 5.56 Å². The molecule has 1 aromatic carbocycles. The minimum absolute atomic E-state index is 0.213. The maximum atomic E-state index is 10.9. The summed E-state index contributed by atoms with van der Waals surface area (Å²) in [6.45, 7) is 0.633. The lowest BCUT2D eigenvalue weighted by Gasteiger charge is -2.00. The molecule has 1 aromatic rings. The van der Waals surface area contributed by atoms with Crippen molar-refractivity contribution in [2.24, 2.45) is 0 Å². The van der Waals surface area contributed by atoms with Crippen molar-refractivity contribution in [1.82, 2.24) is 5.32 Å². The Morgan fingerprint density at radius 1 is 1.36 bits per heavy atom. The van der Waals surface area contributed by atoms with E-state index in [2.05, 4.69) is 15.2 Å². The molecule has 1 N–H and O–H groups in total. The van der Waals surface area contributed by atoms with Gasteiger partial charge in [-0.15, -0.1) is 0 Å². The first-order valence-electron chi connectivity index (χ1n) is 4.26. The maximum Gasteiger partial charge on any atom is 0.296 e. The zero-order chi connectivity index (χ0) is 10.2. The van der Waals surface area contributed by atoms with Gasteiger partial charge in [-0.1, -0.05) is 30.3 Å². The van der Waals surface area contributed by atoms with Gasteiger partial charge in [0.15, 0.2) is 0 Å². The molecule has 0 aliphatic carbocycles. The molecule has 0 aromatic heterocycles. The van der Waals surface area contributed by atoms with Gasteiger partial charge >= 0.3 is 0 Å². The average Bonchev–Trinajstić information content (AvgIpc) is 2.20. The topological polar surface area (TPSA) is 29.1 Å². The summed E-state index contributed by atoms with van der Waals surface area (Å²) in [5, 5.41) is 2.71. The molecule has 0 aliphatic heterocycles. The SMILES string of the molecule is O=C(C#CI)NCCc1ccccc1. The summed E-state index contributed by atoms with van der Waals surface area (Å²) >= 11 is 1.84. The second kappa shape index (κ2) is 6.44. The zero-order valence-corrected chi connectivity index (χ0v) is 9.74. The van der Waals surface area contributed by atoms with Crippen LogP contribution < -0.4 is 5.32 Å². The molecule has 0 unspecified atom stereocenters. The van der Waals surface area contributed by atoms with Crippen LogP contribution in [0.5, 0.6) is 0 Å². The normalized spacial score (nSPS) is 8.64. The lowest BCUT2D eigenvalue weighted by molar-refractivity contribution is -0.115. The van der Waals surface area contributed by atoms with Crippen LogP contribution in [-0.2, 0) is 11.2 Å². The average molecular weight is 299 g/mol. The van der Waals surface area contributed by atoms with E-state index in [0.717, 1.165) is 6.42 Å². The molecule has 0 saturated carbocycles. The van der Waals surface area contributed by atoms with Crippen LogP contribution in [0.3, 0.4) is 0 Å². The van der Waals surface area contributed by atoms with Crippen LogP contribution in [0, 0.1) is 9.85 Å². The summed E-state index contributed by atoms with van der Waals surface area (Å²) in [5.41, 5.74) is 1.22. The lowest BCUT2D eigenvalue weighted by atomic mass is 10.1. The molecule has 0 saturated heterocycles. The van der Waals surface area contributed by atoms with E-state index >= 15 is 0 Å². The highest BCUT2D eigenvalue weighted by Crippen LogP contribution is 1.97. The summed E-state index contributed by atoms with van der Waals surface area (Å²) in [6.07, 6.45) is 0.843. The van der Waals surface area contributed by atoms with Gasteiger partial charge in [-0.3, -0.25) is 4.79 Å². The van der Waals surface area contributed by atoms with E-state index < -0.39 is 0 Å². The Morgan fingerprint density at radius 2 is 2.07 bits per heavy atom. The number of halogens is 1. The number of hydrogen-bond donors (Lipinski definition) is 1. The van der Waals surface area contributed by atoms with E-state index in [-0.39, 0.29) is 5.91 Å². The van der Waals surface area contributed by atoms with E-state index in [1.54, 1.807) is 0 Å². The van der Waals surface area contributed by atoms with Crippen LogP contribution in [-0.4, -0.2) is 12.5 Å². The van der Waals surface area contributed by atoms with Crippen molar-refractivity contribution in [1.29, 1.82) is 0 Å².